The molecular weight excluding hydrogens is 168 g/mol. The molecule has 4 nitrogen and oxygen atoms in total. The summed E-state index contributed by atoms with van der Waals surface area (Å²) < 4.78 is 5.11. The highest BCUT2D eigenvalue weighted by Crippen LogP contribution is 2.06. The van der Waals surface area contributed by atoms with Crippen molar-refractivity contribution in [2.75, 3.05) is 32.8 Å². The topological polar surface area (TPSA) is 41.6 Å². The van der Waals surface area contributed by atoms with Crippen molar-refractivity contribution >= 4 is 6.03 Å². The summed E-state index contributed by atoms with van der Waals surface area (Å²) in [4.78, 5) is 13.2. The zero-order valence-electron chi connectivity index (χ0n) is 8.21. The molecule has 1 rings (SSSR count). The zero-order valence-corrected chi connectivity index (χ0v) is 8.21. The average Bonchev–Trinajstić information content (AvgIpc) is 2.65. The van der Waals surface area contributed by atoms with Crippen molar-refractivity contribution in [2.24, 2.45) is 0 Å². The summed E-state index contributed by atoms with van der Waals surface area (Å²) >= 11 is 0. The van der Waals surface area contributed by atoms with Crippen LogP contribution in [0.2, 0.25) is 0 Å². The van der Waals surface area contributed by atoms with E-state index in [0.29, 0.717) is 19.8 Å². The van der Waals surface area contributed by atoms with E-state index in [1.807, 2.05) is 11.8 Å². The molecule has 0 spiro atoms. The third-order valence-electron chi connectivity index (χ3n) is 2.12. The van der Waals surface area contributed by atoms with Gasteiger partial charge in [-0.1, -0.05) is 0 Å². The predicted molar refractivity (Wildman–Crippen MR) is 50.7 cm³/mol. The number of ether oxygens (including phenoxy) is 1. The molecule has 1 heterocycles. The molecule has 13 heavy (non-hydrogen) atoms. The number of carbonyl (C=O) groups is 1. The molecule has 0 radical (unpaired) electrons. The second-order valence-electron chi connectivity index (χ2n) is 3.12. The van der Waals surface area contributed by atoms with Crippen LogP contribution in [0.3, 0.4) is 0 Å². The summed E-state index contributed by atoms with van der Waals surface area (Å²) in [6.07, 6.45) is 2.28. The standard InChI is InChI=1S/C9H18N2O2/c1-2-13-8-5-10-9(12)11-6-3-4-7-11/h2-8H2,1H3,(H,10,12). The van der Waals surface area contributed by atoms with E-state index in [0.717, 1.165) is 25.9 Å². The Morgan fingerprint density at radius 1 is 1.46 bits per heavy atom. The third-order valence-corrected chi connectivity index (χ3v) is 2.12. The minimum Gasteiger partial charge on any atom is -0.380 e. The highest BCUT2D eigenvalue weighted by Gasteiger charge is 2.16. The van der Waals surface area contributed by atoms with E-state index >= 15 is 0 Å². The Labute approximate surface area is 79.2 Å². The Bertz CT molecular complexity index is 156. The van der Waals surface area contributed by atoms with Crippen LogP contribution in [0.5, 0.6) is 0 Å². The second-order valence-corrected chi connectivity index (χ2v) is 3.12. The molecule has 76 valence electrons. The van der Waals surface area contributed by atoms with Gasteiger partial charge in [-0.3, -0.25) is 0 Å². The van der Waals surface area contributed by atoms with Crippen LogP contribution in [0.4, 0.5) is 4.79 Å². The summed E-state index contributed by atoms with van der Waals surface area (Å²) in [5, 5.41) is 2.82. The first kappa shape index (κ1) is 10.3. The van der Waals surface area contributed by atoms with E-state index in [-0.39, 0.29) is 6.03 Å². The molecule has 1 fully saturated rings. The van der Waals surface area contributed by atoms with Gasteiger partial charge in [0.1, 0.15) is 0 Å². The van der Waals surface area contributed by atoms with Crippen molar-refractivity contribution in [1.29, 1.82) is 0 Å². The van der Waals surface area contributed by atoms with Crippen LogP contribution in [0.15, 0.2) is 0 Å². The Morgan fingerprint density at radius 3 is 2.77 bits per heavy atom. The lowest BCUT2D eigenvalue weighted by Gasteiger charge is -2.15. The van der Waals surface area contributed by atoms with Crippen LogP contribution < -0.4 is 5.32 Å². The van der Waals surface area contributed by atoms with Gasteiger partial charge in [0, 0.05) is 26.2 Å². The molecule has 0 aliphatic carbocycles. The summed E-state index contributed by atoms with van der Waals surface area (Å²) in [5.74, 6) is 0. The molecular formula is C9H18N2O2. The molecule has 1 N–H and O–H groups in total. The van der Waals surface area contributed by atoms with Gasteiger partial charge in [0.05, 0.1) is 6.61 Å². The Kier molecular flexibility index (Phi) is 4.60. The maximum absolute atomic E-state index is 11.4. The van der Waals surface area contributed by atoms with E-state index in [1.165, 1.54) is 0 Å². The van der Waals surface area contributed by atoms with E-state index in [1.54, 1.807) is 0 Å². The van der Waals surface area contributed by atoms with Gasteiger partial charge >= 0.3 is 6.03 Å². The highest BCUT2D eigenvalue weighted by atomic mass is 16.5. The first-order valence-corrected chi connectivity index (χ1v) is 4.95. The number of carbonyl (C=O) groups excluding carboxylic acids is 1. The summed E-state index contributed by atoms with van der Waals surface area (Å²) in [6, 6.07) is 0.0530. The quantitative estimate of drug-likeness (QED) is 0.661. The molecule has 0 bridgehead atoms. The van der Waals surface area contributed by atoms with Gasteiger partial charge in [0.2, 0.25) is 0 Å². The SMILES string of the molecule is CCOCCNC(=O)N1CCCC1. The highest BCUT2D eigenvalue weighted by molar-refractivity contribution is 5.74. The number of rotatable bonds is 4. The number of nitrogens with zero attached hydrogens (tertiary/aromatic N) is 1. The fourth-order valence-electron chi connectivity index (χ4n) is 1.41. The van der Waals surface area contributed by atoms with Crippen LogP contribution in [0.25, 0.3) is 0 Å². The van der Waals surface area contributed by atoms with Gasteiger partial charge in [-0.2, -0.15) is 0 Å². The third kappa shape index (κ3) is 3.63. The number of nitrogens with one attached hydrogen (secondary N) is 1. The van der Waals surface area contributed by atoms with Crippen molar-refractivity contribution in [2.45, 2.75) is 19.8 Å². The van der Waals surface area contributed by atoms with Crippen LogP contribution in [-0.4, -0.2) is 43.8 Å². The molecule has 0 aromatic carbocycles. The van der Waals surface area contributed by atoms with Crippen LogP contribution in [-0.2, 0) is 4.74 Å². The van der Waals surface area contributed by atoms with Gasteiger partial charge in [0.25, 0.3) is 0 Å². The molecule has 0 unspecified atom stereocenters. The molecule has 0 saturated carbocycles. The van der Waals surface area contributed by atoms with Crippen LogP contribution >= 0.6 is 0 Å². The van der Waals surface area contributed by atoms with Crippen molar-refractivity contribution in [3.8, 4) is 0 Å². The van der Waals surface area contributed by atoms with E-state index in [4.69, 9.17) is 4.74 Å². The lowest BCUT2D eigenvalue weighted by atomic mass is 10.4. The molecule has 0 atom stereocenters. The number of hydrogen-bond acceptors (Lipinski definition) is 2. The molecule has 1 saturated heterocycles. The first-order chi connectivity index (χ1) is 6.34. The first-order valence-electron chi connectivity index (χ1n) is 4.95. The molecule has 2 amide bonds. The molecule has 1 aliphatic heterocycles. The summed E-state index contributed by atoms with van der Waals surface area (Å²) in [6.45, 7) is 5.68. The van der Waals surface area contributed by atoms with E-state index < -0.39 is 0 Å². The monoisotopic (exact) mass is 186 g/mol. The van der Waals surface area contributed by atoms with Gasteiger partial charge in [-0.05, 0) is 19.8 Å². The summed E-state index contributed by atoms with van der Waals surface area (Å²) in [5.41, 5.74) is 0. The molecule has 4 heteroatoms. The Hall–Kier alpha value is -0.770. The average molecular weight is 186 g/mol. The van der Waals surface area contributed by atoms with Gasteiger partial charge in [0.15, 0.2) is 0 Å². The second kappa shape index (κ2) is 5.80. The molecule has 0 aromatic rings. The van der Waals surface area contributed by atoms with Crippen molar-refractivity contribution < 1.29 is 9.53 Å². The Morgan fingerprint density at radius 2 is 2.15 bits per heavy atom. The van der Waals surface area contributed by atoms with Gasteiger partial charge in [-0.25, -0.2) is 4.79 Å². The maximum Gasteiger partial charge on any atom is 0.317 e. The van der Waals surface area contributed by atoms with Crippen molar-refractivity contribution in [3.05, 3.63) is 0 Å². The fraction of sp³-hybridized carbons (Fsp3) is 0.889. The maximum atomic E-state index is 11.4. The smallest absolute Gasteiger partial charge is 0.317 e. The lowest BCUT2D eigenvalue weighted by Crippen LogP contribution is -2.39. The molecule has 1 aliphatic rings. The molecule has 0 aromatic heterocycles. The zero-order chi connectivity index (χ0) is 9.52. The minimum atomic E-state index is 0.0530. The Balaban J connectivity index is 2.03. The predicted octanol–water partition coefficient (Wildman–Crippen LogP) is 0.828. The summed E-state index contributed by atoms with van der Waals surface area (Å²) in [7, 11) is 0. The van der Waals surface area contributed by atoms with Gasteiger partial charge < -0.3 is 15.0 Å². The number of likely N-dealkylation sites (tertiary alicyclic amines) is 1. The van der Waals surface area contributed by atoms with E-state index in [9.17, 15) is 4.79 Å². The normalized spacial score (nSPS) is 16.2. The van der Waals surface area contributed by atoms with Crippen LogP contribution in [0, 0.1) is 0 Å². The van der Waals surface area contributed by atoms with Crippen LogP contribution in [0.1, 0.15) is 19.8 Å². The number of urea groups is 1. The largest absolute Gasteiger partial charge is 0.380 e. The van der Waals surface area contributed by atoms with E-state index in [2.05, 4.69) is 5.32 Å². The lowest BCUT2D eigenvalue weighted by molar-refractivity contribution is 0.146. The number of hydrogen-bond donors (Lipinski definition) is 1. The van der Waals surface area contributed by atoms with Gasteiger partial charge in [-0.15, -0.1) is 0 Å². The van der Waals surface area contributed by atoms with Crippen molar-refractivity contribution in [3.63, 3.8) is 0 Å². The number of amides is 2. The minimum absolute atomic E-state index is 0.0530. The van der Waals surface area contributed by atoms with Crippen molar-refractivity contribution in [1.82, 2.24) is 10.2 Å². The fourth-order valence-corrected chi connectivity index (χ4v) is 1.41.